The van der Waals surface area contributed by atoms with E-state index in [2.05, 4.69) is 15.3 Å². The topological polar surface area (TPSA) is 111 Å². The highest BCUT2D eigenvalue weighted by molar-refractivity contribution is 6.35. The number of carbonyl (C=O) groups excluding carboxylic acids is 1. The van der Waals surface area contributed by atoms with E-state index >= 15 is 0 Å². The number of likely N-dealkylation sites (tertiary alicyclic amines) is 1. The highest BCUT2D eigenvalue weighted by atomic mass is 35.5. The maximum Gasteiger partial charge on any atom is 0.422 e. The standard InChI is InChI=1S/C24H27Cl2F3N6O4/c1-14(16-5-4-15(25)11-17(16)26)31-20-19(39-13-24(27,28)29)12-30-22(32-20)34-9-7-33(8-10-34)21(36)18-3-2-6-35(18)23(37)38/h4-5,11-12,14,18H,2-3,6-10,13H2,1H3,(H,37,38)(H,30,31,32)/t14-,18?/m1/s1. The molecule has 0 aliphatic carbocycles. The second kappa shape index (κ2) is 11.9. The zero-order chi connectivity index (χ0) is 28.3. The first kappa shape index (κ1) is 28.8. The molecule has 2 amide bonds. The van der Waals surface area contributed by atoms with E-state index in [1.54, 1.807) is 34.9 Å². The minimum absolute atomic E-state index is 0.0457. The molecule has 1 aromatic carbocycles. The van der Waals surface area contributed by atoms with E-state index < -0.39 is 31.0 Å². The molecule has 2 saturated heterocycles. The van der Waals surface area contributed by atoms with Crippen molar-refractivity contribution in [3.63, 3.8) is 0 Å². The van der Waals surface area contributed by atoms with Gasteiger partial charge in [0.25, 0.3) is 0 Å². The van der Waals surface area contributed by atoms with Crippen molar-refractivity contribution in [2.75, 3.05) is 49.5 Å². The summed E-state index contributed by atoms with van der Waals surface area (Å²) in [6.45, 7) is 1.92. The Morgan fingerprint density at radius 2 is 1.92 bits per heavy atom. The number of rotatable bonds is 7. The number of amides is 2. The highest BCUT2D eigenvalue weighted by Crippen LogP contribution is 2.33. The summed E-state index contributed by atoms with van der Waals surface area (Å²) < 4.78 is 43.5. The Hall–Kier alpha value is -3.19. The first-order valence-corrected chi connectivity index (χ1v) is 13.0. The van der Waals surface area contributed by atoms with Crippen molar-refractivity contribution in [3.05, 3.63) is 40.0 Å². The summed E-state index contributed by atoms with van der Waals surface area (Å²) in [7, 11) is 0. The highest BCUT2D eigenvalue weighted by Gasteiger charge is 2.37. The van der Waals surface area contributed by atoms with Crippen LogP contribution >= 0.6 is 23.2 Å². The second-order valence-corrected chi connectivity index (χ2v) is 10.1. The molecule has 15 heteroatoms. The van der Waals surface area contributed by atoms with Crippen molar-refractivity contribution < 1.29 is 32.6 Å². The number of aromatic nitrogens is 2. The largest absolute Gasteiger partial charge is 0.479 e. The summed E-state index contributed by atoms with van der Waals surface area (Å²) in [5.41, 5.74) is 0.650. The third kappa shape index (κ3) is 7.07. The second-order valence-electron chi connectivity index (χ2n) is 9.26. The molecule has 3 heterocycles. The molecule has 0 spiro atoms. The zero-order valence-corrected chi connectivity index (χ0v) is 22.4. The predicted octanol–water partition coefficient (Wildman–Crippen LogP) is 4.69. The van der Waals surface area contributed by atoms with Gasteiger partial charge in [-0.1, -0.05) is 29.3 Å². The molecule has 0 saturated carbocycles. The molecular weight excluding hydrogens is 564 g/mol. The molecule has 2 N–H and O–H groups in total. The monoisotopic (exact) mass is 590 g/mol. The molecule has 10 nitrogen and oxygen atoms in total. The van der Waals surface area contributed by atoms with Crippen LogP contribution in [0.1, 0.15) is 31.4 Å². The summed E-state index contributed by atoms with van der Waals surface area (Å²) in [6, 6.07) is 3.75. The Kier molecular flexibility index (Phi) is 8.80. The van der Waals surface area contributed by atoms with Crippen molar-refractivity contribution in [2.45, 2.75) is 38.0 Å². The van der Waals surface area contributed by atoms with Crippen LogP contribution in [0.3, 0.4) is 0 Å². The van der Waals surface area contributed by atoms with E-state index in [4.69, 9.17) is 27.9 Å². The molecule has 2 aliphatic rings. The number of anilines is 2. The summed E-state index contributed by atoms with van der Waals surface area (Å²) >= 11 is 12.3. The molecule has 1 aromatic heterocycles. The average molecular weight is 591 g/mol. The Labute approximate surface area is 232 Å². The van der Waals surface area contributed by atoms with Crippen molar-refractivity contribution >= 4 is 47.0 Å². The quantitative estimate of drug-likeness (QED) is 0.478. The lowest BCUT2D eigenvalue weighted by molar-refractivity contribution is -0.153. The van der Waals surface area contributed by atoms with Crippen LogP contribution in [0.25, 0.3) is 0 Å². The van der Waals surface area contributed by atoms with Gasteiger partial charge in [-0.25, -0.2) is 9.78 Å². The Morgan fingerprint density at radius 1 is 1.21 bits per heavy atom. The van der Waals surface area contributed by atoms with Crippen molar-refractivity contribution in [1.82, 2.24) is 19.8 Å². The van der Waals surface area contributed by atoms with E-state index in [0.717, 1.165) is 0 Å². The molecule has 2 fully saturated rings. The number of nitrogens with one attached hydrogen (secondary N) is 1. The SMILES string of the molecule is C[C@@H](Nc1nc(N2CCN(C(=O)C3CCCN3C(=O)O)CC2)ncc1OCC(F)(F)F)c1ccc(Cl)cc1Cl. The van der Waals surface area contributed by atoms with Gasteiger partial charge < -0.3 is 25.0 Å². The lowest BCUT2D eigenvalue weighted by Gasteiger charge is -2.37. The molecule has 2 aromatic rings. The maximum absolute atomic E-state index is 12.9. The summed E-state index contributed by atoms with van der Waals surface area (Å²) in [5.74, 6) is -0.130. The Morgan fingerprint density at radius 3 is 2.56 bits per heavy atom. The van der Waals surface area contributed by atoms with Gasteiger partial charge >= 0.3 is 12.3 Å². The van der Waals surface area contributed by atoms with Crippen molar-refractivity contribution in [3.8, 4) is 5.75 Å². The smallest absolute Gasteiger partial charge is 0.422 e. The average Bonchev–Trinajstić information content (AvgIpc) is 3.37. The lowest BCUT2D eigenvalue weighted by Crippen LogP contribution is -2.54. The number of carboxylic acid groups (broad SMARTS) is 1. The van der Waals surface area contributed by atoms with Crippen LogP contribution in [0, 0.1) is 0 Å². The molecule has 0 bridgehead atoms. The lowest BCUT2D eigenvalue weighted by atomic mass is 10.1. The minimum atomic E-state index is -4.56. The molecule has 39 heavy (non-hydrogen) atoms. The Balaban J connectivity index is 1.49. The van der Waals surface area contributed by atoms with E-state index in [1.807, 2.05) is 0 Å². The molecule has 2 atom stereocenters. The fourth-order valence-corrected chi connectivity index (χ4v) is 5.18. The van der Waals surface area contributed by atoms with E-state index in [9.17, 15) is 27.9 Å². The van der Waals surface area contributed by atoms with Crippen molar-refractivity contribution in [1.29, 1.82) is 0 Å². The Bertz CT molecular complexity index is 1210. The van der Waals surface area contributed by atoms with Crippen LogP contribution < -0.4 is 15.0 Å². The summed E-state index contributed by atoms with van der Waals surface area (Å²) in [5, 5.41) is 13.2. The van der Waals surface area contributed by atoms with Crippen LogP contribution in [0.4, 0.5) is 29.7 Å². The molecule has 2 aliphatic heterocycles. The van der Waals surface area contributed by atoms with Gasteiger partial charge in [-0.15, -0.1) is 0 Å². The number of nitrogens with zero attached hydrogens (tertiary/aromatic N) is 5. The van der Waals surface area contributed by atoms with Gasteiger partial charge in [0.1, 0.15) is 6.04 Å². The first-order chi connectivity index (χ1) is 18.4. The van der Waals surface area contributed by atoms with Crippen LogP contribution in [0.5, 0.6) is 5.75 Å². The van der Waals surface area contributed by atoms with Gasteiger partial charge in [0.05, 0.1) is 12.2 Å². The zero-order valence-electron chi connectivity index (χ0n) is 20.9. The van der Waals surface area contributed by atoms with Crippen LogP contribution in [-0.4, -0.2) is 88.4 Å². The molecule has 1 unspecified atom stereocenters. The van der Waals surface area contributed by atoms with E-state index in [0.29, 0.717) is 61.2 Å². The summed E-state index contributed by atoms with van der Waals surface area (Å²) in [4.78, 5) is 37.6. The van der Waals surface area contributed by atoms with Gasteiger partial charge in [0.15, 0.2) is 18.2 Å². The molecule has 4 rings (SSSR count). The fraction of sp³-hybridized carbons (Fsp3) is 0.500. The molecular formula is C24H27Cl2F3N6O4. The molecule has 0 radical (unpaired) electrons. The number of halogens is 5. The summed E-state index contributed by atoms with van der Waals surface area (Å²) in [6.07, 6.45) is -3.37. The number of alkyl halides is 3. The van der Waals surface area contributed by atoms with Gasteiger partial charge in [-0.2, -0.15) is 18.2 Å². The normalized spacial score (nSPS) is 18.7. The van der Waals surface area contributed by atoms with E-state index in [-0.39, 0.29) is 23.4 Å². The number of hydrogen-bond acceptors (Lipinski definition) is 7. The number of carbonyl (C=O) groups is 2. The minimum Gasteiger partial charge on any atom is -0.479 e. The van der Waals surface area contributed by atoms with Crippen LogP contribution in [0.2, 0.25) is 10.0 Å². The first-order valence-electron chi connectivity index (χ1n) is 12.2. The van der Waals surface area contributed by atoms with Gasteiger partial charge in [-0.3, -0.25) is 9.69 Å². The third-order valence-electron chi connectivity index (χ3n) is 6.57. The van der Waals surface area contributed by atoms with Crippen molar-refractivity contribution in [2.24, 2.45) is 0 Å². The van der Waals surface area contributed by atoms with E-state index in [1.165, 1.54) is 11.1 Å². The third-order valence-corrected chi connectivity index (χ3v) is 7.14. The molecule has 212 valence electrons. The predicted molar refractivity (Wildman–Crippen MR) is 139 cm³/mol. The van der Waals surface area contributed by atoms with Crippen LogP contribution in [-0.2, 0) is 4.79 Å². The fourth-order valence-electron chi connectivity index (χ4n) is 4.61. The number of ether oxygens (including phenoxy) is 1. The van der Waals surface area contributed by atoms with Crippen LogP contribution in [0.15, 0.2) is 24.4 Å². The van der Waals surface area contributed by atoms with Gasteiger partial charge in [0.2, 0.25) is 11.9 Å². The maximum atomic E-state index is 12.9. The van der Waals surface area contributed by atoms with Gasteiger partial charge in [-0.05, 0) is 37.5 Å². The number of piperazine rings is 1. The number of benzene rings is 1. The van der Waals surface area contributed by atoms with Gasteiger partial charge in [0, 0.05) is 42.8 Å². The number of hydrogen-bond donors (Lipinski definition) is 2.